The van der Waals surface area contributed by atoms with Gasteiger partial charge in [-0.3, -0.25) is 4.79 Å². The van der Waals surface area contributed by atoms with Gasteiger partial charge in [0.25, 0.3) is 0 Å². The molecule has 2 heterocycles. The predicted octanol–water partition coefficient (Wildman–Crippen LogP) is 3.49. The SMILES string of the molecule is Cc1cccc(NC(=O)N2CCN(C(=O)CCc3nc(-c4ccc(F)cc4)no3)CC2)c1. The Morgan fingerprint density at radius 2 is 1.78 bits per heavy atom. The topological polar surface area (TPSA) is 91.6 Å². The van der Waals surface area contributed by atoms with Gasteiger partial charge in [-0.1, -0.05) is 17.3 Å². The van der Waals surface area contributed by atoms with Crippen molar-refractivity contribution < 1.29 is 18.5 Å². The molecule has 0 aliphatic carbocycles. The highest BCUT2D eigenvalue weighted by molar-refractivity contribution is 5.89. The fraction of sp³-hybridized carbons (Fsp3) is 0.304. The van der Waals surface area contributed by atoms with Gasteiger partial charge >= 0.3 is 6.03 Å². The highest BCUT2D eigenvalue weighted by Crippen LogP contribution is 2.17. The molecule has 9 heteroatoms. The molecule has 1 N–H and O–H groups in total. The number of halogens is 1. The number of nitrogens with zero attached hydrogens (tertiary/aromatic N) is 4. The summed E-state index contributed by atoms with van der Waals surface area (Å²) in [6, 6.07) is 13.3. The number of hydrogen-bond acceptors (Lipinski definition) is 5. The van der Waals surface area contributed by atoms with E-state index in [0.29, 0.717) is 49.9 Å². The van der Waals surface area contributed by atoms with Crippen molar-refractivity contribution in [3.05, 3.63) is 65.8 Å². The van der Waals surface area contributed by atoms with E-state index >= 15 is 0 Å². The molecule has 2 aromatic carbocycles. The number of benzene rings is 2. The van der Waals surface area contributed by atoms with Crippen LogP contribution in [0.3, 0.4) is 0 Å². The number of hydrogen-bond donors (Lipinski definition) is 1. The van der Waals surface area contributed by atoms with Crippen molar-refractivity contribution in [1.29, 1.82) is 0 Å². The second kappa shape index (κ2) is 9.59. The van der Waals surface area contributed by atoms with Crippen LogP contribution in [0.1, 0.15) is 17.9 Å². The highest BCUT2D eigenvalue weighted by Gasteiger charge is 2.24. The number of urea groups is 1. The van der Waals surface area contributed by atoms with E-state index in [1.54, 1.807) is 21.9 Å². The first-order valence-corrected chi connectivity index (χ1v) is 10.5. The van der Waals surface area contributed by atoms with Gasteiger partial charge in [-0.2, -0.15) is 4.98 Å². The third kappa shape index (κ3) is 5.29. The van der Waals surface area contributed by atoms with Crippen molar-refractivity contribution in [3.8, 4) is 11.4 Å². The van der Waals surface area contributed by atoms with Gasteiger partial charge in [0.05, 0.1) is 0 Å². The summed E-state index contributed by atoms with van der Waals surface area (Å²) in [5.74, 6) is 0.357. The Balaban J connectivity index is 1.23. The fourth-order valence-electron chi connectivity index (χ4n) is 3.53. The van der Waals surface area contributed by atoms with E-state index in [4.69, 9.17) is 4.52 Å². The molecule has 1 aromatic heterocycles. The third-order valence-electron chi connectivity index (χ3n) is 5.31. The molecule has 8 nitrogen and oxygen atoms in total. The zero-order chi connectivity index (χ0) is 22.5. The number of aromatic nitrogens is 2. The van der Waals surface area contributed by atoms with E-state index < -0.39 is 0 Å². The molecule has 1 aliphatic rings. The number of aryl methyl sites for hydroxylation is 2. The van der Waals surface area contributed by atoms with Gasteiger partial charge in [0.15, 0.2) is 0 Å². The largest absolute Gasteiger partial charge is 0.339 e. The fourth-order valence-corrected chi connectivity index (χ4v) is 3.53. The molecule has 1 fully saturated rings. The van der Waals surface area contributed by atoms with Gasteiger partial charge < -0.3 is 19.6 Å². The lowest BCUT2D eigenvalue weighted by Crippen LogP contribution is -2.51. The first kappa shape index (κ1) is 21.5. The smallest absolute Gasteiger partial charge is 0.321 e. The molecule has 4 rings (SSSR count). The van der Waals surface area contributed by atoms with Gasteiger partial charge in [-0.15, -0.1) is 0 Å². The molecule has 0 spiro atoms. The number of carbonyl (C=O) groups is 2. The molecule has 3 amide bonds. The standard InChI is InChI=1S/C23H24FN5O3/c1-16-3-2-4-19(15-16)25-23(31)29-13-11-28(12-14-29)21(30)10-9-20-26-22(27-32-20)17-5-7-18(24)8-6-17/h2-8,15H,9-14H2,1H3,(H,25,31). The number of nitrogens with one attached hydrogen (secondary N) is 1. The summed E-state index contributed by atoms with van der Waals surface area (Å²) in [5, 5.41) is 6.79. The van der Waals surface area contributed by atoms with Crippen LogP contribution in [0.2, 0.25) is 0 Å². The van der Waals surface area contributed by atoms with Gasteiger partial charge in [0.2, 0.25) is 17.6 Å². The third-order valence-corrected chi connectivity index (χ3v) is 5.31. The molecule has 166 valence electrons. The number of rotatable bonds is 5. The second-order valence-electron chi connectivity index (χ2n) is 7.69. The number of anilines is 1. The van der Waals surface area contributed by atoms with Crippen molar-refractivity contribution in [2.75, 3.05) is 31.5 Å². The molecule has 1 saturated heterocycles. The zero-order valence-corrected chi connectivity index (χ0v) is 17.8. The Bertz CT molecular complexity index is 1090. The number of amides is 3. The molecule has 0 atom stereocenters. The van der Waals surface area contributed by atoms with Crippen molar-refractivity contribution in [1.82, 2.24) is 19.9 Å². The monoisotopic (exact) mass is 437 g/mol. The minimum Gasteiger partial charge on any atom is -0.339 e. The lowest BCUT2D eigenvalue weighted by Gasteiger charge is -2.34. The maximum Gasteiger partial charge on any atom is 0.321 e. The maximum absolute atomic E-state index is 13.0. The summed E-state index contributed by atoms with van der Waals surface area (Å²) >= 11 is 0. The molecular formula is C23H24FN5O3. The quantitative estimate of drug-likeness (QED) is 0.660. The predicted molar refractivity (Wildman–Crippen MR) is 116 cm³/mol. The van der Waals surface area contributed by atoms with Crippen LogP contribution in [-0.4, -0.2) is 58.1 Å². The Hall–Kier alpha value is -3.75. The Labute approximate surface area is 185 Å². The average Bonchev–Trinajstić information content (AvgIpc) is 3.27. The van der Waals surface area contributed by atoms with E-state index in [2.05, 4.69) is 15.5 Å². The van der Waals surface area contributed by atoms with Crippen LogP contribution < -0.4 is 5.32 Å². The maximum atomic E-state index is 13.0. The van der Waals surface area contributed by atoms with Crippen molar-refractivity contribution in [2.24, 2.45) is 0 Å². The summed E-state index contributed by atoms with van der Waals surface area (Å²) in [4.78, 5) is 32.8. The molecule has 3 aromatic rings. The van der Waals surface area contributed by atoms with Gasteiger partial charge in [0.1, 0.15) is 5.82 Å². The highest BCUT2D eigenvalue weighted by atomic mass is 19.1. The average molecular weight is 437 g/mol. The van der Waals surface area contributed by atoms with Crippen molar-refractivity contribution in [2.45, 2.75) is 19.8 Å². The molecule has 32 heavy (non-hydrogen) atoms. The first-order chi connectivity index (χ1) is 15.5. The summed E-state index contributed by atoms with van der Waals surface area (Å²) in [6.45, 7) is 3.87. The number of carbonyl (C=O) groups excluding carboxylic acids is 2. The van der Waals surface area contributed by atoms with Crippen LogP contribution in [0.15, 0.2) is 53.1 Å². The van der Waals surface area contributed by atoms with Crippen LogP contribution in [0, 0.1) is 12.7 Å². The number of piperazine rings is 1. The molecule has 0 radical (unpaired) electrons. The lowest BCUT2D eigenvalue weighted by atomic mass is 10.2. The molecule has 0 saturated carbocycles. The minimum absolute atomic E-state index is 0.0229. The summed E-state index contributed by atoms with van der Waals surface area (Å²) in [7, 11) is 0. The van der Waals surface area contributed by atoms with E-state index in [0.717, 1.165) is 11.3 Å². The molecule has 1 aliphatic heterocycles. The van der Waals surface area contributed by atoms with E-state index in [9.17, 15) is 14.0 Å². The lowest BCUT2D eigenvalue weighted by molar-refractivity contribution is -0.132. The van der Waals surface area contributed by atoms with Crippen molar-refractivity contribution in [3.63, 3.8) is 0 Å². The van der Waals surface area contributed by atoms with Gasteiger partial charge in [-0.05, 0) is 48.9 Å². The zero-order valence-electron chi connectivity index (χ0n) is 17.8. The summed E-state index contributed by atoms with van der Waals surface area (Å²) in [6.07, 6.45) is 0.557. The Morgan fingerprint density at radius 3 is 2.50 bits per heavy atom. The van der Waals surface area contributed by atoms with Gasteiger partial charge in [-0.25, -0.2) is 9.18 Å². The normalized spacial score (nSPS) is 13.8. The molecule has 0 unspecified atom stereocenters. The van der Waals surface area contributed by atoms with Crippen LogP contribution >= 0.6 is 0 Å². The van der Waals surface area contributed by atoms with Gasteiger partial charge in [0, 0.05) is 50.3 Å². The van der Waals surface area contributed by atoms with Crippen LogP contribution in [0.5, 0.6) is 0 Å². The minimum atomic E-state index is -0.337. The van der Waals surface area contributed by atoms with Crippen molar-refractivity contribution >= 4 is 17.6 Å². The van der Waals surface area contributed by atoms with Crippen LogP contribution in [-0.2, 0) is 11.2 Å². The Kier molecular flexibility index (Phi) is 6.44. The first-order valence-electron chi connectivity index (χ1n) is 10.5. The molecule has 0 bridgehead atoms. The molecular weight excluding hydrogens is 413 g/mol. The van der Waals surface area contributed by atoms with E-state index in [1.165, 1.54) is 12.1 Å². The second-order valence-corrected chi connectivity index (χ2v) is 7.69. The van der Waals surface area contributed by atoms with Crippen LogP contribution in [0.4, 0.5) is 14.9 Å². The summed E-state index contributed by atoms with van der Waals surface area (Å²) in [5.41, 5.74) is 2.48. The van der Waals surface area contributed by atoms with Crippen LogP contribution in [0.25, 0.3) is 11.4 Å². The summed E-state index contributed by atoms with van der Waals surface area (Å²) < 4.78 is 18.3. The van der Waals surface area contributed by atoms with E-state index in [1.807, 2.05) is 31.2 Å². The Morgan fingerprint density at radius 1 is 1.06 bits per heavy atom. The van der Waals surface area contributed by atoms with E-state index in [-0.39, 0.29) is 24.2 Å².